The maximum absolute atomic E-state index is 6.28. The molecule has 4 nitrogen and oxygen atoms in total. The third-order valence-corrected chi connectivity index (χ3v) is 5.63. The van der Waals surface area contributed by atoms with Crippen LogP contribution in [0.1, 0.15) is 36.9 Å². The largest absolute Gasteiger partial charge is 0.454 e. The van der Waals surface area contributed by atoms with Gasteiger partial charge in [0.05, 0.1) is 16.4 Å². The SMILES string of the molecule is CC(C)(C)c1nc(Nc2ccccc2Cl)sc1Cc1ccc2c(c1)OCO2. The van der Waals surface area contributed by atoms with Gasteiger partial charge in [-0.1, -0.05) is 50.6 Å². The van der Waals surface area contributed by atoms with E-state index < -0.39 is 0 Å². The summed E-state index contributed by atoms with van der Waals surface area (Å²) < 4.78 is 10.9. The Morgan fingerprint density at radius 2 is 1.89 bits per heavy atom. The Kier molecular flexibility index (Phi) is 4.74. The maximum Gasteiger partial charge on any atom is 0.231 e. The van der Waals surface area contributed by atoms with E-state index in [1.807, 2.05) is 30.3 Å². The van der Waals surface area contributed by atoms with Gasteiger partial charge in [-0.05, 0) is 29.8 Å². The first kappa shape index (κ1) is 18.1. The second-order valence-electron chi connectivity index (χ2n) is 7.51. The average molecular weight is 401 g/mol. The summed E-state index contributed by atoms with van der Waals surface area (Å²) in [5.74, 6) is 1.61. The van der Waals surface area contributed by atoms with Gasteiger partial charge in [-0.2, -0.15) is 0 Å². The molecule has 0 spiro atoms. The summed E-state index contributed by atoms with van der Waals surface area (Å²) in [6.45, 7) is 6.85. The van der Waals surface area contributed by atoms with Crippen molar-refractivity contribution in [2.45, 2.75) is 32.6 Å². The fraction of sp³-hybridized carbons (Fsp3) is 0.286. The summed E-state index contributed by atoms with van der Waals surface area (Å²) in [6.07, 6.45) is 0.797. The highest BCUT2D eigenvalue weighted by Gasteiger charge is 2.24. The minimum atomic E-state index is -0.0530. The number of benzene rings is 2. The van der Waals surface area contributed by atoms with E-state index in [0.717, 1.165) is 34.4 Å². The van der Waals surface area contributed by atoms with Gasteiger partial charge < -0.3 is 14.8 Å². The normalized spacial score (nSPS) is 13.0. The number of ether oxygens (including phenoxy) is 2. The number of fused-ring (bicyclic) bond motifs is 1. The Hall–Kier alpha value is -2.24. The number of para-hydroxylation sites is 1. The number of hydrogen-bond acceptors (Lipinski definition) is 5. The Bertz CT molecular complexity index is 979. The molecule has 0 saturated heterocycles. The molecule has 0 aliphatic carbocycles. The van der Waals surface area contributed by atoms with Crippen molar-refractivity contribution in [3.05, 3.63) is 63.6 Å². The van der Waals surface area contributed by atoms with Crippen molar-refractivity contribution in [3.8, 4) is 11.5 Å². The van der Waals surface area contributed by atoms with Crippen LogP contribution in [0, 0.1) is 0 Å². The monoisotopic (exact) mass is 400 g/mol. The van der Waals surface area contributed by atoms with Crippen molar-refractivity contribution in [3.63, 3.8) is 0 Å². The quantitative estimate of drug-likeness (QED) is 0.569. The molecule has 0 bridgehead atoms. The van der Waals surface area contributed by atoms with Crippen molar-refractivity contribution >= 4 is 33.8 Å². The van der Waals surface area contributed by atoms with E-state index in [0.29, 0.717) is 11.8 Å². The molecule has 0 amide bonds. The van der Waals surface area contributed by atoms with Gasteiger partial charge >= 0.3 is 0 Å². The average Bonchev–Trinajstić information content (AvgIpc) is 3.23. The molecule has 6 heteroatoms. The molecule has 0 radical (unpaired) electrons. The van der Waals surface area contributed by atoms with E-state index in [2.05, 4.69) is 38.2 Å². The van der Waals surface area contributed by atoms with Crippen LogP contribution in [0.5, 0.6) is 11.5 Å². The first-order valence-corrected chi connectivity index (χ1v) is 10.00. The first-order chi connectivity index (χ1) is 12.9. The molecule has 140 valence electrons. The van der Waals surface area contributed by atoms with Crippen molar-refractivity contribution < 1.29 is 9.47 Å². The van der Waals surface area contributed by atoms with Crippen LogP contribution in [-0.2, 0) is 11.8 Å². The van der Waals surface area contributed by atoms with Gasteiger partial charge in [-0.25, -0.2) is 4.98 Å². The van der Waals surface area contributed by atoms with Crippen LogP contribution >= 0.6 is 22.9 Å². The van der Waals surface area contributed by atoms with Crippen molar-refractivity contribution in [2.75, 3.05) is 12.1 Å². The van der Waals surface area contributed by atoms with Crippen molar-refractivity contribution in [1.82, 2.24) is 4.98 Å². The van der Waals surface area contributed by atoms with Crippen LogP contribution in [0.2, 0.25) is 5.02 Å². The first-order valence-electron chi connectivity index (χ1n) is 8.80. The highest BCUT2D eigenvalue weighted by molar-refractivity contribution is 7.15. The van der Waals surface area contributed by atoms with E-state index in [-0.39, 0.29) is 5.41 Å². The predicted octanol–water partition coefficient (Wildman–Crippen LogP) is 6.16. The Balaban J connectivity index is 1.65. The molecule has 2 aromatic carbocycles. The Morgan fingerprint density at radius 1 is 1.11 bits per heavy atom. The van der Waals surface area contributed by atoms with E-state index >= 15 is 0 Å². The standard InChI is InChI=1S/C21H21ClN2O2S/c1-21(2,3)19-18(11-13-8-9-16-17(10-13)26-12-25-16)27-20(24-19)23-15-7-5-4-6-14(15)22/h4-10H,11-12H2,1-3H3,(H,23,24). The third-order valence-electron chi connectivity index (χ3n) is 4.32. The predicted molar refractivity (Wildman–Crippen MR) is 111 cm³/mol. The van der Waals surface area contributed by atoms with Crippen molar-refractivity contribution in [1.29, 1.82) is 0 Å². The smallest absolute Gasteiger partial charge is 0.231 e. The van der Waals surface area contributed by atoms with E-state index in [1.165, 1.54) is 10.4 Å². The molecule has 3 aromatic rings. The number of aromatic nitrogens is 1. The third kappa shape index (κ3) is 3.89. The highest BCUT2D eigenvalue weighted by Crippen LogP contribution is 2.38. The van der Waals surface area contributed by atoms with E-state index in [4.69, 9.17) is 26.1 Å². The lowest BCUT2D eigenvalue weighted by Gasteiger charge is -2.17. The molecular formula is C21H21ClN2O2S. The lowest BCUT2D eigenvalue weighted by Crippen LogP contribution is -2.14. The molecule has 4 rings (SSSR count). The van der Waals surface area contributed by atoms with Gasteiger partial charge in [-0.15, -0.1) is 11.3 Å². The van der Waals surface area contributed by atoms with Gasteiger partial charge in [0, 0.05) is 16.7 Å². The summed E-state index contributed by atoms with van der Waals surface area (Å²) in [7, 11) is 0. The van der Waals surface area contributed by atoms with E-state index in [1.54, 1.807) is 11.3 Å². The Morgan fingerprint density at radius 3 is 2.67 bits per heavy atom. The fourth-order valence-electron chi connectivity index (χ4n) is 3.03. The molecule has 0 atom stereocenters. The zero-order chi connectivity index (χ0) is 19.0. The fourth-order valence-corrected chi connectivity index (χ4v) is 4.43. The van der Waals surface area contributed by atoms with Crippen LogP contribution in [-0.4, -0.2) is 11.8 Å². The number of rotatable bonds is 4. The zero-order valence-electron chi connectivity index (χ0n) is 15.5. The van der Waals surface area contributed by atoms with E-state index in [9.17, 15) is 0 Å². The molecule has 0 fully saturated rings. The number of nitrogens with one attached hydrogen (secondary N) is 1. The van der Waals surface area contributed by atoms with Crippen LogP contribution in [0.15, 0.2) is 42.5 Å². The topological polar surface area (TPSA) is 43.4 Å². The van der Waals surface area contributed by atoms with Gasteiger partial charge in [0.2, 0.25) is 6.79 Å². The molecule has 2 heterocycles. The van der Waals surface area contributed by atoms with Crippen LogP contribution < -0.4 is 14.8 Å². The van der Waals surface area contributed by atoms with Crippen LogP contribution in [0.4, 0.5) is 10.8 Å². The number of thiazole rings is 1. The number of halogens is 1. The Labute approximate surface area is 168 Å². The summed E-state index contributed by atoms with van der Waals surface area (Å²) in [5.41, 5.74) is 3.09. The second kappa shape index (κ2) is 7.06. The summed E-state index contributed by atoms with van der Waals surface area (Å²) in [6, 6.07) is 13.8. The van der Waals surface area contributed by atoms with Gasteiger partial charge in [0.25, 0.3) is 0 Å². The lowest BCUT2D eigenvalue weighted by atomic mass is 9.90. The summed E-state index contributed by atoms with van der Waals surface area (Å²) >= 11 is 7.95. The van der Waals surface area contributed by atoms with Gasteiger partial charge in [0.1, 0.15) is 0 Å². The summed E-state index contributed by atoms with van der Waals surface area (Å²) in [4.78, 5) is 6.11. The molecule has 27 heavy (non-hydrogen) atoms. The highest BCUT2D eigenvalue weighted by atomic mass is 35.5. The summed E-state index contributed by atoms with van der Waals surface area (Å²) in [5, 5.41) is 4.90. The molecule has 0 saturated carbocycles. The van der Waals surface area contributed by atoms with Crippen LogP contribution in [0.25, 0.3) is 0 Å². The minimum absolute atomic E-state index is 0.0530. The van der Waals surface area contributed by atoms with Gasteiger partial charge in [0.15, 0.2) is 16.6 Å². The number of nitrogens with zero attached hydrogens (tertiary/aromatic N) is 1. The van der Waals surface area contributed by atoms with Crippen molar-refractivity contribution in [2.24, 2.45) is 0 Å². The molecular weight excluding hydrogens is 380 g/mol. The van der Waals surface area contributed by atoms with Gasteiger partial charge in [-0.3, -0.25) is 0 Å². The zero-order valence-corrected chi connectivity index (χ0v) is 17.1. The molecule has 1 aliphatic rings. The molecule has 1 aliphatic heterocycles. The number of anilines is 2. The van der Waals surface area contributed by atoms with Crippen LogP contribution in [0.3, 0.4) is 0 Å². The lowest BCUT2D eigenvalue weighted by molar-refractivity contribution is 0.174. The minimum Gasteiger partial charge on any atom is -0.454 e. The molecule has 1 N–H and O–H groups in total. The maximum atomic E-state index is 6.28. The molecule has 0 unspecified atom stereocenters. The molecule has 1 aromatic heterocycles. The number of hydrogen-bond donors (Lipinski definition) is 1. The second-order valence-corrected chi connectivity index (χ2v) is 9.00.